The van der Waals surface area contributed by atoms with Gasteiger partial charge in [-0.05, 0) is 26.3 Å². The molecule has 0 aliphatic carbocycles. The minimum absolute atomic E-state index is 0.274. The molecule has 0 saturated carbocycles. The molecule has 0 fully saturated rings. The molecule has 2 aromatic rings. The van der Waals surface area contributed by atoms with Gasteiger partial charge in [-0.1, -0.05) is 61.0 Å². The first-order valence-corrected chi connectivity index (χ1v) is 8.03. The van der Waals surface area contributed by atoms with Gasteiger partial charge in [0.2, 0.25) is 0 Å². The van der Waals surface area contributed by atoms with E-state index < -0.39 is 0 Å². The van der Waals surface area contributed by atoms with Gasteiger partial charge in [-0.2, -0.15) is 0 Å². The molecule has 0 spiro atoms. The van der Waals surface area contributed by atoms with E-state index in [2.05, 4.69) is 56.6 Å². The highest BCUT2D eigenvalue weighted by Crippen LogP contribution is 2.26. The van der Waals surface area contributed by atoms with Crippen LogP contribution in [0.4, 0.5) is 0 Å². The Kier molecular flexibility index (Phi) is 5.62. The van der Waals surface area contributed by atoms with Crippen LogP contribution in [0.25, 0.3) is 11.3 Å². The van der Waals surface area contributed by atoms with Crippen LogP contribution in [0.2, 0.25) is 0 Å². The van der Waals surface area contributed by atoms with Gasteiger partial charge >= 0.3 is 0 Å². The predicted molar refractivity (Wildman–Crippen MR) is 95.1 cm³/mol. The fraction of sp³-hybridized carbons (Fsp3) is 0.316. The minimum Gasteiger partial charge on any atom is -0.346 e. The molecule has 0 aliphatic rings. The van der Waals surface area contributed by atoms with Crippen LogP contribution in [-0.4, -0.2) is 9.97 Å². The summed E-state index contributed by atoms with van der Waals surface area (Å²) in [4.78, 5) is 8.17. The lowest BCUT2D eigenvalue weighted by Gasteiger charge is -2.11. The standard InChI is InChI=1S/C19H23ClN2/c1-5-7-17(20)15(6-2)12-18-21-14(4)19(22-18)16-10-8-13(3)9-11-16/h5,7-11,15H,1,6,12H2,2-4H3,(H,21,22)/b17-7+. The Morgan fingerprint density at radius 3 is 2.59 bits per heavy atom. The zero-order valence-corrected chi connectivity index (χ0v) is 14.2. The Morgan fingerprint density at radius 2 is 2.00 bits per heavy atom. The van der Waals surface area contributed by atoms with Gasteiger partial charge in [0.15, 0.2) is 0 Å². The molecule has 22 heavy (non-hydrogen) atoms. The van der Waals surface area contributed by atoms with Crippen molar-refractivity contribution in [3.05, 3.63) is 65.1 Å². The zero-order chi connectivity index (χ0) is 16.1. The molecule has 0 bridgehead atoms. The van der Waals surface area contributed by atoms with Crippen LogP contribution >= 0.6 is 11.6 Å². The maximum Gasteiger partial charge on any atom is 0.107 e. The molecule has 3 heteroatoms. The number of halogens is 1. The average molecular weight is 315 g/mol. The van der Waals surface area contributed by atoms with E-state index in [9.17, 15) is 0 Å². The van der Waals surface area contributed by atoms with E-state index in [0.717, 1.165) is 40.6 Å². The quantitative estimate of drug-likeness (QED) is 0.694. The molecule has 2 nitrogen and oxygen atoms in total. The molecule has 1 unspecified atom stereocenters. The molecule has 0 aliphatic heterocycles. The van der Waals surface area contributed by atoms with Gasteiger partial charge in [-0.3, -0.25) is 0 Å². The van der Waals surface area contributed by atoms with Crippen molar-refractivity contribution >= 4 is 11.6 Å². The summed E-state index contributed by atoms with van der Waals surface area (Å²) < 4.78 is 0. The number of nitrogens with one attached hydrogen (secondary N) is 1. The highest BCUT2D eigenvalue weighted by molar-refractivity contribution is 6.29. The van der Waals surface area contributed by atoms with Crippen LogP contribution in [0.5, 0.6) is 0 Å². The first kappa shape index (κ1) is 16.6. The second kappa shape index (κ2) is 7.46. The van der Waals surface area contributed by atoms with Crippen molar-refractivity contribution in [2.45, 2.75) is 33.6 Å². The van der Waals surface area contributed by atoms with Gasteiger partial charge in [0.05, 0.1) is 5.69 Å². The van der Waals surface area contributed by atoms with E-state index in [1.165, 1.54) is 5.56 Å². The molecule has 1 aromatic carbocycles. The SMILES string of the molecule is C=C/C=C(/Cl)C(CC)Cc1nc(-c2ccc(C)cc2)c(C)[nH]1. The van der Waals surface area contributed by atoms with Crippen molar-refractivity contribution < 1.29 is 0 Å². The van der Waals surface area contributed by atoms with Crippen LogP contribution in [-0.2, 0) is 6.42 Å². The number of aromatic amines is 1. The second-order valence-electron chi connectivity index (χ2n) is 5.62. The molecule has 1 atom stereocenters. The third-order valence-electron chi connectivity index (χ3n) is 3.86. The summed E-state index contributed by atoms with van der Waals surface area (Å²) in [5, 5.41) is 0.837. The van der Waals surface area contributed by atoms with Gasteiger partial charge in [-0.25, -0.2) is 4.98 Å². The molecule has 0 amide bonds. The summed E-state index contributed by atoms with van der Waals surface area (Å²) in [6, 6.07) is 8.46. The van der Waals surface area contributed by atoms with E-state index in [4.69, 9.17) is 16.6 Å². The zero-order valence-electron chi connectivity index (χ0n) is 13.5. The average Bonchev–Trinajstić information content (AvgIpc) is 2.86. The van der Waals surface area contributed by atoms with E-state index >= 15 is 0 Å². The van der Waals surface area contributed by atoms with Gasteiger partial charge in [0, 0.05) is 28.6 Å². The number of hydrogen-bond donors (Lipinski definition) is 1. The predicted octanol–water partition coefficient (Wildman–Crippen LogP) is 5.57. The van der Waals surface area contributed by atoms with Crippen LogP contribution in [0.15, 0.2) is 48.0 Å². The Balaban J connectivity index is 2.24. The van der Waals surface area contributed by atoms with Crippen LogP contribution in [0.3, 0.4) is 0 Å². The number of rotatable bonds is 6. The fourth-order valence-corrected chi connectivity index (χ4v) is 2.85. The maximum absolute atomic E-state index is 6.33. The molecular weight excluding hydrogens is 292 g/mol. The van der Waals surface area contributed by atoms with E-state index in [-0.39, 0.29) is 5.92 Å². The van der Waals surface area contributed by atoms with E-state index in [0.29, 0.717) is 0 Å². The number of H-pyrrole nitrogens is 1. The summed E-state index contributed by atoms with van der Waals surface area (Å²) in [6.07, 6.45) is 5.39. The number of aryl methyl sites for hydroxylation is 2. The Labute approximate surface area is 137 Å². The number of imidazole rings is 1. The Morgan fingerprint density at radius 1 is 1.32 bits per heavy atom. The third kappa shape index (κ3) is 3.89. The fourth-order valence-electron chi connectivity index (χ4n) is 2.53. The highest BCUT2D eigenvalue weighted by Gasteiger charge is 2.15. The van der Waals surface area contributed by atoms with Crippen molar-refractivity contribution in [1.82, 2.24) is 9.97 Å². The number of nitrogens with zero attached hydrogens (tertiary/aromatic N) is 1. The van der Waals surface area contributed by atoms with Crippen LogP contribution in [0.1, 0.15) is 30.4 Å². The lowest BCUT2D eigenvalue weighted by molar-refractivity contribution is 0.596. The number of hydrogen-bond acceptors (Lipinski definition) is 1. The summed E-state index contributed by atoms with van der Waals surface area (Å²) in [5.41, 5.74) is 4.52. The lowest BCUT2D eigenvalue weighted by Crippen LogP contribution is -2.05. The summed E-state index contributed by atoms with van der Waals surface area (Å²) in [5.74, 6) is 1.26. The maximum atomic E-state index is 6.33. The van der Waals surface area contributed by atoms with Gasteiger partial charge < -0.3 is 4.98 Å². The number of allylic oxidation sites excluding steroid dienone is 3. The first-order chi connectivity index (χ1) is 10.5. The molecule has 2 rings (SSSR count). The Bertz CT molecular complexity index is 665. The van der Waals surface area contributed by atoms with E-state index in [1.807, 2.05) is 6.08 Å². The molecular formula is C19H23ClN2. The summed E-state index contributed by atoms with van der Waals surface area (Å²) in [7, 11) is 0. The highest BCUT2D eigenvalue weighted by atomic mass is 35.5. The third-order valence-corrected chi connectivity index (χ3v) is 4.29. The van der Waals surface area contributed by atoms with E-state index in [1.54, 1.807) is 6.08 Å². The monoisotopic (exact) mass is 314 g/mol. The van der Waals surface area contributed by atoms with Crippen LogP contribution < -0.4 is 0 Å². The van der Waals surface area contributed by atoms with Crippen molar-refractivity contribution in [2.75, 3.05) is 0 Å². The molecule has 0 radical (unpaired) electrons. The lowest BCUT2D eigenvalue weighted by atomic mass is 10.0. The summed E-state index contributed by atoms with van der Waals surface area (Å²) in [6.45, 7) is 10.00. The molecule has 1 heterocycles. The molecule has 116 valence electrons. The summed E-state index contributed by atoms with van der Waals surface area (Å²) >= 11 is 6.33. The van der Waals surface area contributed by atoms with Gasteiger partial charge in [0.25, 0.3) is 0 Å². The van der Waals surface area contributed by atoms with Gasteiger partial charge in [0.1, 0.15) is 5.82 Å². The normalized spacial score (nSPS) is 13.2. The number of aromatic nitrogens is 2. The molecule has 0 saturated heterocycles. The minimum atomic E-state index is 0.274. The van der Waals surface area contributed by atoms with Crippen molar-refractivity contribution in [2.24, 2.45) is 5.92 Å². The topological polar surface area (TPSA) is 28.7 Å². The van der Waals surface area contributed by atoms with Crippen molar-refractivity contribution in [3.8, 4) is 11.3 Å². The second-order valence-corrected chi connectivity index (χ2v) is 6.06. The molecule has 1 aromatic heterocycles. The molecule has 1 N–H and O–H groups in total. The number of benzene rings is 1. The largest absolute Gasteiger partial charge is 0.346 e. The van der Waals surface area contributed by atoms with Gasteiger partial charge in [-0.15, -0.1) is 0 Å². The Hall–Kier alpha value is -1.80. The smallest absolute Gasteiger partial charge is 0.107 e. The van der Waals surface area contributed by atoms with Crippen LogP contribution in [0, 0.1) is 19.8 Å². The van der Waals surface area contributed by atoms with Crippen molar-refractivity contribution in [3.63, 3.8) is 0 Å². The first-order valence-electron chi connectivity index (χ1n) is 7.65. The van der Waals surface area contributed by atoms with Crippen molar-refractivity contribution in [1.29, 1.82) is 0 Å².